The molecule has 0 radical (unpaired) electrons. The molecule has 1 unspecified atom stereocenters. The smallest absolute Gasteiger partial charge is 0.329 e. The molecule has 0 saturated carbocycles. The summed E-state index contributed by atoms with van der Waals surface area (Å²) in [4.78, 5) is 34.1. The molecule has 1 saturated heterocycles. The number of nitrogens with one attached hydrogen (secondary N) is 3. The molecule has 35 heavy (non-hydrogen) atoms. The molecule has 2 aromatic carbocycles. The Bertz CT molecular complexity index is 1290. The van der Waals surface area contributed by atoms with Crippen LogP contribution in [0.1, 0.15) is 45.4 Å². The van der Waals surface area contributed by atoms with E-state index in [1.807, 2.05) is 60.8 Å². The maximum atomic E-state index is 13.1. The molecule has 0 aliphatic carbocycles. The summed E-state index contributed by atoms with van der Waals surface area (Å²) in [6, 6.07) is 16.6. The summed E-state index contributed by atoms with van der Waals surface area (Å²) in [5.41, 5.74) is 3.17. The number of benzene rings is 2. The quantitative estimate of drug-likeness (QED) is 0.324. The molecule has 1 atom stereocenters. The van der Waals surface area contributed by atoms with E-state index in [0.29, 0.717) is 18.0 Å². The first-order valence-corrected chi connectivity index (χ1v) is 12.8. The largest absolute Gasteiger partial charge is 0.459 e. The number of aromatic nitrogens is 2. The molecule has 1 fully saturated rings. The van der Waals surface area contributed by atoms with E-state index < -0.39 is 12.0 Å². The van der Waals surface area contributed by atoms with Gasteiger partial charge in [-0.3, -0.25) is 4.79 Å². The van der Waals surface area contributed by atoms with Crippen LogP contribution in [0.3, 0.4) is 0 Å². The minimum Gasteiger partial charge on any atom is -0.459 e. The molecule has 1 aliphatic heterocycles. The maximum absolute atomic E-state index is 13.1. The van der Waals surface area contributed by atoms with Crippen LogP contribution in [0.25, 0.3) is 10.9 Å². The summed E-state index contributed by atoms with van der Waals surface area (Å²) in [6.45, 7) is 2.08. The van der Waals surface area contributed by atoms with Gasteiger partial charge in [-0.25, -0.2) is 9.78 Å². The number of esters is 1. The fourth-order valence-corrected chi connectivity index (χ4v) is 5.39. The highest BCUT2D eigenvalue weighted by atomic mass is 32.1. The van der Waals surface area contributed by atoms with E-state index in [1.165, 1.54) is 11.3 Å². The number of para-hydroxylation sites is 1. The molecule has 0 bridgehead atoms. The molecule has 7 nitrogen and oxygen atoms in total. The number of hydrogen-bond donors (Lipinski definition) is 3. The summed E-state index contributed by atoms with van der Waals surface area (Å²) in [5.74, 6) is -0.454. The first-order chi connectivity index (χ1) is 17.2. The standard InChI is InChI=1S/C27H28N4O3S/c32-25(24-17-35-26(31-24)19-10-12-28-13-11-19)30-23(27(33)34-16-18-6-2-1-3-7-18)14-20-15-29-22-9-5-4-8-21(20)22/h1-9,15,17,19,23,28-29H,10-14,16H2,(H,30,32). The molecule has 1 aliphatic rings. The summed E-state index contributed by atoms with van der Waals surface area (Å²) in [5, 5.41) is 10.0. The van der Waals surface area contributed by atoms with Gasteiger partial charge in [-0.05, 0) is 43.1 Å². The highest BCUT2D eigenvalue weighted by Gasteiger charge is 2.27. The van der Waals surface area contributed by atoms with Crippen LogP contribution in [0, 0.1) is 0 Å². The number of aromatic amines is 1. The van der Waals surface area contributed by atoms with E-state index in [-0.39, 0.29) is 12.5 Å². The van der Waals surface area contributed by atoms with Gasteiger partial charge in [-0.15, -0.1) is 11.3 Å². The number of carbonyl (C=O) groups excluding carboxylic acids is 2. The minimum absolute atomic E-state index is 0.149. The van der Waals surface area contributed by atoms with E-state index in [9.17, 15) is 9.59 Å². The highest BCUT2D eigenvalue weighted by molar-refractivity contribution is 7.09. The molecule has 1 amide bonds. The Hall–Kier alpha value is -3.49. The molecule has 2 aromatic heterocycles. The Kier molecular flexibility index (Phi) is 7.20. The van der Waals surface area contributed by atoms with Gasteiger partial charge in [0.1, 0.15) is 18.3 Å². The Morgan fingerprint density at radius 1 is 1.09 bits per heavy atom. The van der Waals surface area contributed by atoms with Crippen molar-refractivity contribution in [3.8, 4) is 0 Å². The lowest BCUT2D eigenvalue weighted by atomic mass is 9.99. The van der Waals surface area contributed by atoms with Crippen molar-refractivity contribution < 1.29 is 14.3 Å². The second-order valence-corrected chi connectivity index (χ2v) is 9.67. The number of amides is 1. The number of piperidine rings is 1. The Labute approximate surface area is 207 Å². The van der Waals surface area contributed by atoms with Crippen LogP contribution in [0.15, 0.2) is 66.2 Å². The van der Waals surface area contributed by atoms with E-state index in [4.69, 9.17) is 4.74 Å². The minimum atomic E-state index is -0.838. The average molecular weight is 489 g/mol. The van der Waals surface area contributed by atoms with Crippen LogP contribution in [-0.4, -0.2) is 41.0 Å². The first-order valence-electron chi connectivity index (χ1n) is 11.9. The molecule has 0 spiro atoms. The third kappa shape index (κ3) is 5.61. The fourth-order valence-electron chi connectivity index (χ4n) is 4.42. The number of nitrogens with zero attached hydrogens (tertiary/aromatic N) is 1. The number of hydrogen-bond acceptors (Lipinski definition) is 6. The number of thiazole rings is 1. The van der Waals surface area contributed by atoms with Crippen molar-refractivity contribution in [2.24, 2.45) is 0 Å². The third-order valence-electron chi connectivity index (χ3n) is 6.36. The molecule has 3 N–H and O–H groups in total. The van der Waals surface area contributed by atoms with Gasteiger partial charge in [-0.1, -0.05) is 48.5 Å². The van der Waals surface area contributed by atoms with Gasteiger partial charge >= 0.3 is 5.97 Å². The van der Waals surface area contributed by atoms with Gasteiger partial charge in [0.15, 0.2) is 0 Å². The molecular formula is C27H28N4O3S. The molecular weight excluding hydrogens is 460 g/mol. The number of fused-ring (bicyclic) bond motifs is 1. The van der Waals surface area contributed by atoms with Crippen LogP contribution < -0.4 is 10.6 Å². The lowest BCUT2D eigenvalue weighted by Gasteiger charge is -2.20. The van der Waals surface area contributed by atoms with Gasteiger partial charge in [-0.2, -0.15) is 0 Å². The number of ether oxygens (including phenoxy) is 1. The van der Waals surface area contributed by atoms with E-state index >= 15 is 0 Å². The van der Waals surface area contributed by atoms with E-state index in [2.05, 4.69) is 20.6 Å². The average Bonchev–Trinajstić information content (AvgIpc) is 3.56. The summed E-state index contributed by atoms with van der Waals surface area (Å²) < 4.78 is 5.60. The summed E-state index contributed by atoms with van der Waals surface area (Å²) >= 11 is 1.51. The zero-order valence-corrected chi connectivity index (χ0v) is 20.1. The van der Waals surface area contributed by atoms with Crippen molar-refractivity contribution in [2.75, 3.05) is 13.1 Å². The van der Waals surface area contributed by atoms with Gasteiger partial charge in [0.2, 0.25) is 0 Å². The van der Waals surface area contributed by atoms with E-state index in [1.54, 1.807) is 5.38 Å². The molecule has 8 heteroatoms. The monoisotopic (exact) mass is 488 g/mol. The van der Waals surface area contributed by atoms with Crippen LogP contribution in [0.2, 0.25) is 0 Å². The zero-order chi connectivity index (χ0) is 24.0. The van der Waals surface area contributed by atoms with Crippen molar-refractivity contribution >= 4 is 34.1 Å². The van der Waals surface area contributed by atoms with Gasteiger partial charge in [0, 0.05) is 34.8 Å². The summed E-state index contributed by atoms with van der Waals surface area (Å²) in [7, 11) is 0. The van der Waals surface area contributed by atoms with E-state index in [0.717, 1.165) is 53.0 Å². The lowest BCUT2D eigenvalue weighted by molar-refractivity contribution is -0.147. The first kappa shape index (κ1) is 23.3. The third-order valence-corrected chi connectivity index (χ3v) is 7.36. The van der Waals surface area contributed by atoms with Crippen LogP contribution in [0.4, 0.5) is 0 Å². The lowest BCUT2D eigenvalue weighted by Crippen LogP contribution is -2.43. The maximum Gasteiger partial charge on any atom is 0.329 e. The summed E-state index contributed by atoms with van der Waals surface area (Å²) in [6.07, 6.45) is 4.23. The van der Waals surface area contributed by atoms with Crippen LogP contribution in [-0.2, 0) is 22.6 Å². The Morgan fingerprint density at radius 3 is 2.69 bits per heavy atom. The predicted octanol–water partition coefficient (Wildman–Crippen LogP) is 4.18. The second-order valence-electron chi connectivity index (χ2n) is 8.78. The van der Waals surface area contributed by atoms with Gasteiger partial charge in [0.05, 0.1) is 5.01 Å². The number of carbonyl (C=O) groups is 2. The van der Waals surface area contributed by atoms with Crippen molar-refractivity contribution in [2.45, 2.75) is 37.8 Å². The molecule has 5 rings (SSSR count). The Morgan fingerprint density at radius 2 is 1.86 bits per heavy atom. The van der Waals surface area contributed by atoms with Crippen LogP contribution >= 0.6 is 11.3 Å². The topological polar surface area (TPSA) is 96.1 Å². The SMILES string of the molecule is O=C(NC(Cc1c[nH]c2ccccc12)C(=O)OCc1ccccc1)c1csc(C2CCNCC2)n1. The molecule has 3 heterocycles. The van der Waals surface area contributed by atoms with Crippen molar-refractivity contribution in [3.05, 3.63) is 88.0 Å². The fraction of sp³-hybridized carbons (Fsp3) is 0.296. The van der Waals surface area contributed by atoms with Crippen molar-refractivity contribution in [1.29, 1.82) is 0 Å². The molecule has 180 valence electrons. The van der Waals surface area contributed by atoms with Gasteiger partial charge < -0.3 is 20.4 Å². The number of H-pyrrole nitrogens is 1. The normalized spacial score (nSPS) is 15.1. The Balaban J connectivity index is 1.32. The highest BCUT2D eigenvalue weighted by Crippen LogP contribution is 2.28. The molecule has 4 aromatic rings. The van der Waals surface area contributed by atoms with Crippen molar-refractivity contribution in [1.82, 2.24) is 20.6 Å². The number of rotatable bonds is 8. The second kappa shape index (κ2) is 10.8. The van der Waals surface area contributed by atoms with Gasteiger partial charge in [0.25, 0.3) is 5.91 Å². The van der Waals surface area contributed by atoms with Crippen LogP contribution in [0.5, 0.6) is 0 Å². The predicted molar refractivity (Wildman–Crippen MR) is 136 cm³/mol. The van der Waals surface area contributed by atoms with Crippen molar-refractivity contribution in [3.63, 3.8) is 0 Å². The zero-order valence-electron chi connectivity index (χ0n) is 19.3.